The molecular weight excluding hydrogens is 316 g/mol. The number of hydrogen-bond donors (Lipinski definition) is 1. The molecule has 0 spiro atoms. The zero-order valence-corrected chi connectivity index (χ0v) is 15.0. The number of nitrogens with zero attached hydrogens (tertiary/aromatic N) is 1. The van der Waals surface area contributed by atoms with Gasteiger partial charge in [0.25, 0.3) is 0 Å². The molecule has 1 heterocycles. The van der Waals surface area contributed by atoms with Crippen LogP contribution in [0.2, 0.25) is 0 Å². The first-order valence-corrected chi connectivity index (χ1v) is 8.77. The van der Waals surface area contributed by atoms with E-state index >= 15 is 0 Å². The van der Waals surface area contributed by atoms with Gasteiger partial charge in [-0.3, -0.25) is 9.59 Å². The lowest BCUT2D eigenvalue weighted by Gasteiger charge is -2.41. The molecule has 2 rings (SSSR count). The van der Waals surface area contributed by atoms with Crippen LogP contribution < -0.4 is 10.1 Å². The van der Waals surface area contributed by atoms with E-state index in [1.165, 1.54) is 0 Å². The monoisotopic (exact) mass is 342 g/mol. The molecule has 1 aliphatic heterocycles. The van der Waals surface area contributed by atoms with Gasteiger partial charge in [-0.25, -0.2) is 0 Å². The Morgan fingerprint density at radius 2 is 2.20 bits per heavy atom. The van der Waals surface area contributed by atoms with E-state index < -0.39 is 0 Å². The number of para-hydroxylation sites is 1. The molecule has 1 aromatic rings. The lowest BCUT2D eigenvalue weighted by atomic mass is 9.83. The SMILES string of the molecule is C#CCNC(=O)C1CCC(=O)N(CCCC)C1c1ccccc1OC. The van der Waals surface area contributed by atoms with Crippen molar-refractivity contribution in [1.29, 1.82) is 0 Å². The summed E-state index contributed by atoms with van der Waals surface area (Å²) in [5.41, 5.74) is 0.870. The van der Waals surface area contributed by atoms with Crippen molar-refractivity contribution in [3.05, 3.63) is 29.8 Å². The van der Waals surface area contributed by atoms with Crippen LogP contribution in [0, 0.1) is 18.3 Å². The summed E-state index contributed by atoms with van der Waals surface area (Å²) < 4.78 is 5.49. The fourth-order valence-electron chi connectivity index (χ4n) is 3.38. The third-order valence-corrected chi connectivity index (χ3v) is 4.62. The fraction of sp³-hybridized carbons (Fsp3) is 0.500. The van der Waals surface area contributed by atoms with E-state index in [2.05, 4.69) is 18.2 Å². The lowest BCUT2D eigenvalue weighted by Crippen LogP contribution is -2.48. The number of likely N-dealkylation sites (tertiary alicyclic amines) is 1. The van der Waals surface area contributed by atoms with Gasteiger partial charge in [-0.1, -0.05) is 37.5 Å². The Morgan fingerprint density at radius 1 is 1.44 bits per heavy atom. The summed E-state index contributed by atoms with van der Waals surface area (Å²) in [5, 5.41) is 2.78. The molecule has 25 heavy (non-hydrogen) atoms. The van der Waals surface area contributed by atoms with Crippen molar-refractivity contribution in [3.63, 3.8) is 0 Å². The Morgan fingerprint density at radius 3 is 2.88 bits per heavy atom. The zero-order chi connectivity index (χ0) is 18.2. The molecule has 0 saturated carbocycles. The number of ether oxygens (including phenoxy) is 1. The van der Waals surface area contributed by atoms with Crippen molar-refractivity contribution >= 4 is 11.8 Å². The number of terminal acetylenes is 1. The van der Waals surface area contributed by atoms with Crippen LogP contribution in [0.5, 0.6) is 5.75 Å². The number of carbonyl (C=O) groups excluding carboxylic acids is 2. The van der Waals surface area contributed by atoms with Gasteiger partial charge in [0.1, 0.15) is 5.75 Å². The first kappa shape index (κ1) is 18.9. The van der Waals surface area contributed by atoms with Crippen molar-refractivity contribution in [2.75, 3.05) is 20.2 Å². The highest BCUT2D eigenvalue weighted by Gasteiger charge is 2.41. The number of unbranched alkanes of at least 4 members (excludes halogenated alkanes) is 1. The molecule has 2 unspecified atom stereocenters. The van der Waals surface area contributed by atoms with E-state index in [1.54, 1.807) is 7.11 Å². The van der Waals surface area contributed by atoms with E-state index in [4.69, 9.17) is 11.2 Å². The molecule has 1 N–H and O–H groups in total. The molecule has 0 radical (unpaired) electrons. The largest absolute Gasteiger partial charge is 0.496 e. The van der Waals surface area contributed by atoms with Gasteiger partial charge < -0.3 is 15.0 Å². The maximum absolute atomic E-state index is 12.7. The van der Waals surface area contributed by atoms with Gasteiger partial charge >= 0.3 is 0 Å². The van der Waals surface area contributed by atoms with Crippen LogP contribution in [0.1, 0.15) is 44.2 Å². The van der Waals surface area contributed by atoms with Gasteiger partial charge in [-0.2, -0.15) is 0 Å². The summed E-state index contributed by atoms with van der Waals surface area (Å²) in [6.45, 7) is 2.91. The first-order valence-electron chi connectivity index (χ1n) is 8.77. The van der Waals surface area contributed by atoms with Crippen LogP contribution in [-0.2, 0) is 9.59 Å². The summed E-state index contributed by atoms with van der Waals surface area (Å²) in [4.78, 5) is 27.1. The second kappa shape index (κ2) is 9.12. The van der Waals surface area contributed by atoms with E-state index in [9.17, 15) is 9.59 Å². The molecule has 1 saturated heterocycles. The van der Waals surface area contributed by atoms with Crippen LogP contribution in [0.25, 0.3) is 0 Å². The average Bonchev–Trinajstić information content (AvgIpc) is 2.64. The molecule has 0 bridgehead atoms. The van der Waals surface area contributed by atoms with Gasteiger partial charge in [0.2, 0.25) is 11.8 Å². The summed E-state index contributed by atoms with van der Waals surface area (Å²) in [6, 6.07) is 7.26. The van der Waals surface area contributed by atoms with Crippen LogP contribution >= 0.6 is 0 Å². The number of hydrogen-bond acceptors (Lipinski definition) is 3. The second-order valence-corrected chi connectivity index (χ2v) is 6.19. The van der Waals surface area contributed by atoms with Crippen LogP contribution in [0.3, 0.4) is 0 Å². The Labute approximate surface area is 149 Å². The van der Waals surface area contributed by atoms with E-state index in [-0.39, 0.29) is 30.3 Å². The van der Waals surface area contributed by atoms with Gasteiger partial charge in [0, 0.05) is 18.5 Å². The molecule has 2 atom stereocenters. The number of piperidine rings is 1. The van der Waals surface area contributed by atoms with Gasteiger partial charge in [0.05, 0.1) is 25.6 Å². The van der Waals surface area contributed by atoms with Gasteiger partial charge in [0.15, 0.2) is 0 Å². The molecule has 0 aliphatic carbocycles. The summed E-state index contributed by atoms with van der Waals surface area (Å²) >= 11 is 0. The van der Waals surface area contributed by atoms with Gasteiger partial charge in [-0.05, 0) is 18.9 Å². The molecule has 0 aromatic heterocycles. The predicted octanol–water partition coefficient (Wildman–Crippen LogP) is 2.52. The number of nitrogens with one attached hydrogen (secondary N) is 1. The Hall–Kier alpha value is -2.48. The van der Waals surface area contributed by atoms with Gasteiger partial charge in [-0.15, -0.1) is 6.42 Å². The molecular formula is C20H26N2O3. The molecule has 134 valence electrons. The molecule has 5 heteroatoms. The molecule has 1 aromatic carbocycles. The smallest absolute Gasteiger partial charge is 0.226 e. The minimum atomic E-state index is -0.334. The number of methoxy groups -OCH3 is 1. The number of amides is 2. The van der Waals surface area contributed by atoms with E-state index in [0.29, 0.717) is 25.1 Å². The maximum atomic E-state index is 12.7. The third-order valence-electron chi connectivity index (χ3n) is 4.62. The Kier molecular flexibility index (Phi) is 6.88. The summed E-state index contributed by atoms with van der Waals surface area (Å²) in [5.74, 6) is 2.77. The topological polar surface area (TPSA) is 58.6 Å². The summed E-state index contributed by atoms with van der Waals surface area (Å²) in [6.07, 6.45) is 8.04. The van der Waals surface area contributed by atoms with Crippen molar-refractivity contribution in [2.24, 2.45) is 5.92 Å². The van der Waals surface area contributed by atoms with Crippen LogP contribution in [0.15, 0.2) is 24.3 Å². The maximum Gasteiger partial charge on any atom is 0.226 e. The summed E-state index contributed by atoms with van der Waals surface area (Å²) in [7, 11) is 1.60. The third kappa shape index (κ3) is 4.33. The lowest BCUT2D eigenvalue weighted by molar-refractivity contribution is -0.143. The normalized spacial score (nSPS) is 20.0. The Balaban J connectivity index is 2.42. The fourth-order valence-corrected chi connectivity index (χ4v) is 3.38. The number of carbonyl (C=O) groups is 2. The predicted molar refractivity (Wildman–Crippen MR) is 96.9 cm³/mol. The van der Waals surface area contributed by atoms with Crippen LogP contribution in [-0.4, -0.2) is 36.9 Å². The quantitative estimate of drug-likeness (QED) is 0.775. The number of rotatable bonds is 7. The Bertz CT molecular complexity index is 651. The van der Waals surface area contributed by atoms with Crippen molar-refractivity contribution in [3.8, 4) is 18.1 Å². The van der Waals surface area contributed by atoms with Crippen molar-refractivity contribution < 1.29 is 14.3 Å². The number of benzene rings is 1. The second-order valence-electron chi connectivity index (χ2n) is 6.19. The van der Waals surface area contributed by atoms with Crippen molar-refractivity contribution in [2.45, 2.75) is 38.6 Å². The molecule has 1 aliphatic rings. The molecule has 1 fully saturated rings. The molecule has 5 nitrogen and oxygen atoms in total. The van der Waals surface area contributed by atoms with Crippen LogP contribution in [0.4, 0.5) is 0 Å². The minimum absolute atomic E-state index is 0.0883. The van der Waals surface area contributed by atoms with E-state index in [0.717, 1.165) is 18.4 Å². The van der Waals surface area contributed by atoms with E-state index in [1.807, 2.05) is 29.2 Å². The minimum Gasteiger partial charge on any atom is -0.496 e. The first-order chi connectivity index (χ1) is 12.1. The highest BCUT2D eigenvalue weighted by Crippen LogP contribution is 2.40. The average molecular weight is 342 g/mol. The highest BCUT2D eigenvalue weighted by molar-refractivity contribution is 5.85. The standard InChI is InChI=1S/C20H26N2O3/c1-4-6-14-22-18(23)12-11-16(20(24)21-13-5-2)19(22)15-9-7-8-10-17(15)25-3/h2,7-10,16,19H,4,6,11-14H2,1,3H3,(H,21,24). The van der Waals surface area contributed by atoms with Crippen molar-refractivity contribution in [1.82, 2.24) is 10.2 Å². The molecule has 2 amide bonds. The zero-order valence-electron chi connectivity index (χ0n) is 15.0. The highest BCUT2D eigenvalue weighted by atomic mass is 16.5.